The van der Waals surface area contributed by atoms with E-state index in [0.29, 0.717) is 80.9 Å². The van der Waals surface area contributed by atoms with Crippen molar-refractivity contribution in [3.63, 3.8) is 0 Å². The van der Waals surface area contributed by atoms with Gasteiger partial charge in [0.1, 0.15) is 11.4 Å². The van der Waals surface area contributed by atoms with Gasteiger partial charge in [-0.25, -0.2) is 18.1 Å². The van der Waals surface area contributed by atoms with Gasteiger partial charge in [0.15, 0.2) is 0 Å². The van der Waals surface area contributed by atoms with Crippen molar-refractivity contribution in [2.24, 2.45) is 5.92 Å². The SMILES string of the molecule is Cc1cc(S(=O)(=O)NC2CCC(CN3CCN(c4ccc(C5CCC(=O)NC5=O)c(C(F)(F)F)c4)CC3)CC2)ccc1Nc1ncc(C(F)(F)F)c(N2CCC[C@](C)(O)C2)n1. The molecule has 1 aliphatic carbocycles. The lowest BCUT2D eigenvalue weighted by Crippen LogP contribution is -2.48. The van der Waals surface area contributed by atoms with Crippen LogP contribution in [0.5, 0.6) is 0 Å². The van der Waals surface area contributed by atoms with Gasteiger partial charge < -0.3 is 20.2 Å². The fraction of sp³-hybridized carbons (Fsp3) is 0.561. The fourth-order valence-corrected chi connectivity index (χ4v) is 10.3. The number of alkyl halides is 6. The molecule has 7 rings (SSSR count). The van der Waals surface area contributed by atoms with Gasteiger partial charge in [-0.3, -0.25) is 19.8 Å². The van der Waals surface area contributed by atoms with Gasteiger partial charge in [-0.05, 0) is 106 Å². The van der Waals surface area contributed by atoms with Crippen LogP contribution in [0.3, 0.4) is 0 Å². The Hall–Kier alpha value is -4.53. The van der Waals surface area contributed by atoms with E-state index in [-0.39, 0.29) is 54.2 Å². The van der Waals surface area contributed by atoms with E-state index >= 15 is 0 Å². The van der Waals surface area contributed by atoms with E-state index in [0.717, 1.165) is 25.5 Å². The molecular formula is C41H50F6N8O5S. The minimum absolute atomic E-state index is 0.0204. The highest BCUT2D eigenvalue weighted by Crippen LogP contribution is 2.41. The number of β-amino-alcohol motifs (C(OH)–C–C–N with tert-alkyl or cyclic N) is 1. The molecule has 2 aromatic carbocycles. The van der Waals surface area contributed by atoms with E-state index < -0.39 is 56.8 Å². The first-order chi connectivity index (χ1) is 28.6. The Morgan fingerprint density at radius 1 is 0.902 bits per heavy atom. The number of nitrogens with zero attached hydrogens (tertiary/aromatic N) is 5. The predicted molar refractivity (Wildman–Crippen MR) is 215 cm³/mol. The van der Waals surface area contributed by atoms with Crippen LogP contribution in [0.25, 0.3) is 0 Å². The van der Waals surface area contributed by atoms with Gasteiger partial charge >= 0.3 is 12.4 Å². The molecule has 61 heavy (non-hydrogen) atoms. The summed E-state index contributed by atoms with van der Waals surface area (Å²) in [4.78, 5) is 37.6. The second-order valence-corrected chi connectivity index (χ2v) is 18.7. The number of piperazine rings is 1. The van der Waals surface area contributed by atoms with Crippen molar-refractivity contribution in [3.8, 4) is 0 Å². The molecule has 4 aliphatic rings. The van der Waals surface area contributed by atoms with Crippen LogP contribution < -0.4 is 25.2 Å². The molecule has 1 aromatic heterocycles. The van der Waals surface area contributed by atoms with Crippen LogP contribution in [0.15, 0.2) is 47.5 Å². The van der Waals surface area contributed by atoms with Gasteiger partial charge in [-0.2, -0.15) is 31.3 Å². The molecule has 4 heterocycles. The number of aromatic nitrogens is 2. The molecule has 1 saturated carbocycles. The summed E-state index contributed by atoms with van der Waals surface area (Å²) >= 11 is 0. The quantitative estimate of drug-likeness (QED) is 0.138. The van der Waals surface area contributed by atoms with Gasteiger partial charge in [0.05, 0.1) is 22.0 Å². The molecular weight excluding hydrogens is 831 g/mol. The maximum absolute atomic E-state index is 14.2. The van der Waals surface area contributed by atoms with Crippen LogP contribution in [0.4, 0.5) is 49.5 Å². The number of amides is 2. The Morgan fingerprint density at radius 3 is 2.25 bits per heavy atom. The average molecular weight is 881 g/mol. The lowest BCUT2D eigenvalue weighted by Gasteiger charge is -2.39. The molecule has 1 unspecified atom stereocenters. The molecule has 3 aliphatic heterocycles. The molecule has 3 saturated heterocycles. The van der Waals surface area contributed by atoms with Crippen LogP contribution in [0.1, 0.15) is 86.5 Å². The van der Waals surface area contributed by atoms with Gasteiger partial charge in [0, 0.05) is 75.8 Å². The van der Waals surface area contributed by atoms with Crippen LogP contribution in [-0.4, -0.2) is 97.7 Å². The van der Waals surface area contributed by atoms with Gasteiger partial charge in [-0.15, -0.1) is 0 Å². The number of piperidine rings is 2. The Balaban J connectivity index is 0.906. The number of imide groups is 1. The Labute approximate surface area is 350 Å². The first-order valence-electron chi connectivity index (χ1n) is 20.5. The summed E-state index contributed by atoms with van der Waals surface area (Å²) in [6, 6.07) is 8.17. The third kappa shape index (κ3) is 10.6. The second kappa shape index (κ2) is 17.3. The second-order valence-electron chi connectivity index (χ2n) is 17.0. The zero-order valence-electron chi connectivity index (χ0n) is 33.9. The van der Waals surface area contributed by atoms with Crippen LogP contribution >= 0.6 is 0 Å². The zero-order valence-corrected chi connectivity index (χ0v) is 34.7. The van der Waals surface area contributed by atoms with E-state index in [9.17, 15) is 49.5 Å². The highest BCUT2D eigenvalue weighted by Gasteiger charge is 2.41. The Bertz CT molecular complexity index is 2220. The van der Waals surface area contributed by atoms with Crippen molar-refractivity contribution in [3.05, 3.63) is 64.8 Å². The van der Waals surface area contributed by atoms with Crippen molar-refractivity contribution in [1.29, 1.82) is 0 Å². The minimum Gasteiger partial charge on any atom is -0.388 e. The van der Waals surface area contributed by atoms with E-state index in [4.69, 9.17) is 0 Å². The number of aryl methyl sites for hydroxylation is 1. The first kappa shape index (κ1) is 44.5. The van der Waals surface area contributed by atoms with Crippen LogP contribution in [-0.2, 0) is 32.0 Å². The molecule has 332 valence electrons. The monoisotopic (exact) mass is 880 g/mol. The summed E-state index contributed by atoms with van der Waals surface area (Å²) < 4.78 is 114. The maximum Gasteiger partial charge on any atom is 0.421 e. The highest BCUT2D eigenvalue weighted by molar-refractivity contribution is 7.89. The third-order valence-electron chi connectivity index (χ3n) is 12.2. The Kier molecular flexibility index (Phi) is 12.6. The van der Waals surface area contributed by atoms with Gasteiger partial charge in [-0.1, -0.05) is 6.07 Å². The average Bonchev–Trinajstić information content (AvgIpc) is 3.18. The maximum atomic E-state index is 14.2. The molecule has 20 heteroatoms. The number of hydrogen-bond donors (Lipinski definition) is 4. The van der Waals surface area contributed by atoms with Gasteiger partial charge in [0.2, 0.25) is 27.8 Å². The number of carbonyl (C=O) groups excluding carboxylic acids is 2. The topological polar surface area (TPSA) is 160 Å². The molecule has 0 radical (unpaired) electrons. The fourth-order valence-electron chi connectivity index (χ4n) is 8.92. The van der Waals surface area contributed by atoms with Crippen molar-refractivity contribution in [2.75, 3.05) is 60.9 Å². The van der Waals surface area contributed by atoms with Crippen molar-refractivity contribution >= 4 is 45.0 Å². The number of anilines is 4. The number of halogens is 6. The summed E-state index contributed by atoms with van der Waals surface area (Å²) in [6.45, 7) is 6.58. The number of nitrogens with one attached hydrogen (secondary N) is 3. The normalized spacial score (nSPS) is 24.8. The number of benzene rings is 2. The molecule has 4 N–H and O–H groups in total. The minimum atomic E-state index is -4.72. The molecule has 2 atom stereocenters. The number of rotatable bonds is 10. The molecule has 4 fully saturated rings. The lowest BCUT2D eigenvalue weighted by atomic mass is 9.86. The summed E-state index contributed by atoms with van der Waals surface area (Å²) in [5.74, 6) is -2.40. The van der Waals surface area contributed by atoms with Crippen LogP contribution in [0.2, 0.25) is 0 Å². The lowest BCUT2D eigenvalue weighted by molar-refractivity contribution is -0.139. The van der Waals surface area contributed by atoms with E-state index in [1.165, 1.54) is 29.2 Å². The summed E-state index contributed by atoms with van der Waals surface area (Å²) in [5, 5.41) is 15.6. The van der Waals surface area contributed by atoms with E-state index in [1.807, 2.05) is 4.90 Å². The summed E-state index contributed by atoms with van der Waals surface area (Å²) in [5.41, 5.74) is -1.87. The predicted octanol–water partition coefficient (Wildman–Crippen LogP) is 6.10. The largest absolute Gasteiger partial charge is 0.421 e. The number of sulfonamides is 1. The summed E-state index contributed by atoms with van der Waals surface area (Å²) in [7, 11) is -3.91. The Morgan fingerprint density at radius 2 is 1.61 bits per heavy atom. The standard InChI is InChI=1S/C41H50F6N8O5S/c1-25-20-29(9-12-34(25)49-38-48-22-33(41(45,46)47)36(51-38)55-15-3-14-39(2,58)24-55)61(59,60)52-27-6-4-26(5-7-27)23-53-16-18-54(19-17-53)28-8-10-30(32(21-28)40(42,43)44)31-11-13-35(56)50-37(31)57/h8-10,12,20-22,26-27,31,52,58H,3-7,11,13-19,23-24H2,1-2H3,(H,48,49,51)(H,50,56,57)/t26?,27?,31?,39-/m0/s1. The molecule has 13 nitrogen and oxygen atoms in total. The third-order valence-corrected chi connectivity index (χ3v) is 13.7. The van der Waals surface area contributed by atoms with E-state index in [2.05, 4.69) is 30.2 Å². The number of carbonyl (C=O) groups is 2. The molecule has 3 aromatic rings. The smallest absolute Gasteiger partial charge is 0.388 e. The highest BCUT2D eigenvalue weighted by atomic mass is 32.2. The zero-order chi connectivity index (χ0) is 43.9. The van der Waals surface area contributed by atoms with E-state index in [1.54, 1.807) is 19.9 Å². The summed E-state index contributed by atoms with van der Waals surface area (Å²) in [6.07, 6.45) is -4.93. The molecule has 0 spiro atoms. The van der Waals surface area contributed by atoms with Crippen molar-refractivity contribution in [1.82, 2.24) is 24.9 Å². The van der Waals surface area contributed by atoms with Gasteiger partial charge in [0.25, 0.3) is 0 Å². The van der Waals surface area contributed by atoms with Crippen molar-refractivity contribution < 1.29 is 49.5 Å². The number of hydrogen-bond acceptors (Lipinski definition) is 11. The molecule has 2 amide bonds. The van der Waals surface area contributed by atoms with Crippen LogP contribution in [0, 0.1) is 12.8 Å². The molecule has 0 bridgehead atoms. The number of aliphatic hydroxyl groups is 1. The van der Waals surface area contributed by atoms with Crippen molar-refractivity contribution in [2.45, 2.75) is 100 Å². The first-order valence-corrected chi connectivity index (χ1v) is 22.0.